The van der Waals surface area contributed by atoms with Crippen molar-refractivity contribution in [2.45, 2.75) is 42.4 Å². The number of anilines is 1. The average Bonchev–Trinajstić information content (AvgIpc) is 3.58. The molecule has 2 aromatic carbocycles. The Morgan fingerprint density at radius 3 is 2.72 bits per heavy atom. The van der Waals surface area contributed by atoms with Gasteiger partial charge in [0.1, 0.15) is 5.75 Å². The van der Waals surface area contributed by atoms with Crippen LogP contribution in [0.2, 0.25) is 0 Å². The summed E-state index contributed by atoms with van der Waals surface area (Å²) < 4.78 is 11.8. The molecule has 36 heavy (non-hydrogen) atoms. The van der Waals surface area contributed by atoms with Gasteiger partial charge in [-0.1, -0.05) is 17.4 Å². The highest BCUT2D eigenvalue weighted by molar-refractivity contribution is 8.00. The molecule has 2 bridgehead atoms. The molecule has 6 rings (SSSR count). The molecule has 1 aromatic heterocycles. The van der Waals surface area contributed by atoms with Gasteiger partial charge in [0, 0.05) is 21.7 Å². The van der Waals surface area contributed by atoms with Crippen LogP contribution >= 0.6 is 23.1 Å². The van der Waals surface area contributed by atoms with Crippen LogP contribution in [0.25, 0.3) is 0 Å². The lowest BCUT2D eigenvalue weighted by molar-refractivity contribution is -0.118. The Balaban J connectivity index is 1.25. The van der Waals surface area contributed by atoms with Gasteiger partial charge in [-0.3, -0.25) is 9.59 Å². The number of nitrogens with one attached hydrogen (secondary N) is 2. The first-order chi connectivity index (χ1) is 17.5. The molecule has 3 aromatic rings. The number of phenols is 1. The van der Waals surface area contributed by atoms with Gasteiger partial charge in [-0.2, -0.15) is 0 Å². The predicted octanol–water partition coefficient (Wildman–Crippen LogP) is 5.21. The second-order valence-electron chi connectivity index (χ2n) is 9.70. The standard InChI is InChI=1S/C27H28N2O5S2/c1-2-33-20-12-15(5-10-19(20)34-13-21(31)28-17-6-8-18(30)9-7-17)23-22-14-3-4-16(11-14)24(22)35-26-25(23)36-27(32)29-26/h5-10,12,14,16,22-24,30H,2-4,11,13H2,1H3,(H,28,31)(H,29,32)/t14?,16?,22?,23-,24?/m1/s1. The first-order valence-corrected chi connectivity index (χ1v) is 14.1. The number of aromatic amines is 1. The lowest BCUT2D eigenvalue weighted by atomic mass is 9.75. The summed E-state index contributed by atoms with van der Waals surface area (Å²) in [5, 5.41) is 13.7. The zero-order valence-electron chi connectivity index (χ0n) is 19.9. The van der Waals surface area contributed by atoms with Crippen molar-refractivity contribution in [2.24, 2.45) is 17.8 Å². The number of aromatic hydroxyl groups is 1. The molecule has 2 heterocycles. The van der Waals surface area contributed by atoms with Crippen LogP contribution in [0.4, 0.5) is 5.69 Å². The van der Waals surface area contributed by atoms with E-state index in [-0.39, 0.29) is 29.1 Å². The Morgan fingerprint density at radius 1 is 1.11 bits per heavy atom. The summed E-state index contributed by atoms with van der Waals surface area (Å²) in [6, 6.07) is 12.3. The Labute approximate surface area is 217 Å². The number of carbonyl (C=O) groups excluding carboxylic acids is 1. The number of benzene rings is 2. The molecule has 5 atom stereocenters. The van der Waals surface area contributed by atoms with Crippen LogP contribution in [0.15, 0.2) is 52.3 Å². The van der Waals surface area contributed by atoms with Gasteiger partial charge in [0.2, 0.25) is 0 Å². The molecule has 0 spiro atoms. The van der Waals surface area contributed by atoms with Gasteiger partial charge in [0.05, 0.1) is 11.6 Å². The van der Waals surface area contributed by atoms with Gasteiger partial charge in [-0.25, -0.2) is 0 Å². The van der Waals surface area contributed by atoms with E-state index in [9.17, 15) is 14.7 Å². The minimum atomic E-state index is -0.303. The molecule has 0 saturated heterocycles. The number of amides is 1. The number of phenolic OH excluding ortho intramolecular Hbond substituents is 1. The van der Waals surface area contributed by atoms with Gasteiger partial charge in [0.15, 0.2) is 18.1 Å². The van der Waals surface area contributed by atoms with Crippen molar-refractivity contribution in [1.29, 1.82) is 0 Å². The maximum atomic E-state index is 12.4. The fourth-order valence-corrected chi connectivity index (χ4v) is 9.11. The van der Waals surface area contributed by atoms with Crippen LogP contribution in [-0.2, 0) is 4.79 Å². The van der Waals surface area contributed by atoms with Crippen molar-refractivity contribution < 1.29 is 19.4 Å². The SMILES string of the molecule is CCOc1cc([C@H]2c3sc(=O)[nH]c3SC3C4CCC(C4)C32)ccc1OCC(=O)Nc1ccc(O)cc1. The molecule has 7 nitrogen and oxygen atoms in total. The average molecular weight is 525 g/mol. The van der Waals surface area contributed by atoms with E-state index in [0.717, 1.165) is 21.4 Å². The maximum Gasteiger partial charge on any atom is 0.305 e. The molecule has 0 radical (unpaired) electrons. The molecule has 2 saturated carbocycles. The van der Waals surface area contributed by atoms with Crippen LogP contribution in [0, 0.1) is 17.8 Å². The monoisotopic (exact) mass is 524 g/mol. The summed E-state index contributed by atoms with van der Waals surface area (Å²) in [5.74, 6) is 3.05. The number of fused-ring (bicyclic) bond motifs is 6. The summed E-state index contributed by atoms with van der Waals surface area (Å²) in [6.45, 7) is 2.23. The number of H-pyrrole nitrogens is 1. The number of rotatable bonds is 7. The lowest BCUT2D eigenvalue weighted by Gasteiger charge is -2.40. The summed E-state index contributed by atoms with van der Waals surface area (Å²) in [7, 11) is 0. The summed E-state index contributed by atoms with van der Waals surface area (Å²) in [5.41, 5.74) is 1.72. The molecule has 2 aliphatic carbocycles. The van der Waals surface area contributed by atoms with E-state index in [2.05, 4.69) is 16.4 Å². The third-order valence-corrected chi connectivity index (χ3v) is 10.2. The van der Waals surface area contributed by atoms with Crippen LogP contribution in [0.3, 0.4) is 0 Å². The third kappa shape index (κ3) is 4.28. The number of aromatic nitrogens is 1. The zero-order valence-corrected chi connectivity index (χ0v) is 21.5. The maximum absolute atomic E-state index is 12.4. The first-order valence-electron chi connectivity index (χ1n) is 12.4. The first kappa shape index (κ1) is 23.5. The number of ether oxygens (including phenoxy) is 2. The predicted molar refractivity (Wildman–Crippen MR) is 141 cm³/mol. The molecule has 188 valence electrons. The fraction of sp³-hybridized carbons (Fsp3) is 0.407. The van der Waals surface area contributed by atoms with Crippen LogP contribution in [0.1, 0.15) is 42.5 Å². The van der Waals surface area contributed by atoms with E-state index in [1.165, 1.54) is 42.7 Å². The van der Waals surface area contributed by atoms with E-state index in [4.69, 9.17) is 9.47 Å². The molecule has 9 heteroatoms. The Morgan fingerprint density at radius 2 is 1.92 bits per heavy atom. The highest BCUT2D eigenvalue weighted by Crippen LogP contribution is 2.63. The fourth-order valence-electron chi connectivity index (χ4n) is 6.21. The van der Waals surface area contributed by atoms with Crippen LogP contribution in [0.5, 0.6) is 17.2 Å². The second kappa shape index (κ2) is 9.52. The van der Waals surface area contributed by atoms with Crippen molar-refractivity contribution >= 4 is 34.7 Å². The van der Waals surface area contributed by atoms with E-state index in [1.54, 1.807) is 12.1 Å². The van der Waals surface area contributed by atoms with Crippen molar-refractivity contribution in [2.75, 3.05) is 18.5 Å². The number of thiazole rings is 1. The smallest absolute Gasteiger partial charge is 0.305 e. The molecular weight excluding hydrogens is 496 g/mol. The van der Waals surface area contributed by atoms with Gasteiger partial charge < -0.3 is 24.9 Å². The summed E-state index contributed by atoms with van der Waals surface area (Å²) in [6.07, 6.45) is 3.85. The number of carbonyl (C=O) groups is 1. The Hall–Kier alpha value is -2.91. The number of hydrogen-bond donors (Lipinski definition) is 3. The second-order valence-corrected chi connectivity index (χ2v) is 11.9. The summed E-state index contributed by atoms with van der Waals surface area (Å²) in [4.78, 5) is 29.0. The third-order valence-electron chi connectivity index (χ3n) is 7.60. The Kier molecular flexibility index (Phi) is 6.21. The molecule has 3 aliphatic rings. The molecule has 1 aliphatic heterocycles. The highest BCUT2D eigenvalue weighted by Gasteiger charge is 2.54. The Bertz CT molecular complexity index is 1330. The van der Waals surface area contributed by atoms with E-state index >= 15 is 0 Å². The number of thioether (sulfide) groups is 1. The van der Waals surface area contributed by atoms with Crippen LogP contribution in [-0.4, -0.2) is 34.5 Å². The van der Waals surface area contributed by atoms with Gasteiger partial charge in [0.25, 0.3) is 5.91 Å². The van der Waals surface area contributed by atoms with Crippen molar-refractivity contribution in [1.82, 2.24) is 4.98 Å². The van der Waals surface area contributed by atoms with Crippen LogP contribution < -0.4 is 19.7 Å². The minimum Gasteiger partial charge on any atom is -0.508 e. The van der Waals surface area contributed by atoms with Crippen molar-refractivity contribution in [3.63, 3.8) is 0 Å². The molecule has 4 unspecified atom stereocenters. The zero-order chi connectivity index (χ0) is 24.8. The van der Waals surface area contributed by atoms with Crippen molar-refractivity contribution in [3.05, 3.63) is 62.6 Å². The topological polar surface area (TPSA) is 101 Å². The normalized spacial score (nSPS) is 25.8. The minimum absolute atomic E-state index is 0.00875. The molecular formula is C27H28N2O5S2. The largest absolute Gasteiger partial charge is 0.508 e. The lowest BCUT2D eigenvalue weighted by Crippen LogP contribution is -2.33. The number of hydrogen-bond acceptors (Lipinski definition) is 7. The summed E-state index contributed by atoms with van der Waals surface area (Å²) >= 11 is 3.22. The van der Waals surface area contributed by atoms with Crippen molar-refractivity contribution in [3.8, 4) is 17.2 Å². The quantitative estimate of drug-likeness (QED) is 0.367. The van der Waals surface area contributed by atoms with E-state index in [0.29, 0.717) is 40.9 Å². The highest BCUT2D eigenvalue weighted by atomic mass is 32.2. The van der Waals surface area contributed by atoms with E-state index < -0.39 is 0 Å². The van der Waals surface area contributed by atoms with Gasteiger partial charge in [-0.15, -0.1) is 11.8 Å². The molecule has 1 amide bonds. The van der Waals surface area contributed by atoms with Gasteiger partial charge in [-0.05, 0) is 85.9 Å². The molecule has 3 N–H and O–H groups in total. The van der Waals surface area contributed by atoms with E-state index in [1.807, 2.05) is 30.8 Å². The van der Waals surface area contributed by atoms with Gasteiger partial charge >= 0.3 is 4.87 Å². The molecule has 2 fully saturated rings.